The molecule has 0 bridgehead atoms. The fraction of sp³-hybridized carbons (Fsp3) is 1.00. The minimum Gasteiger partial charge on any atom is -0.390 e. The third-order valence-corrected chi connectivity index (χ3v) is 4.32. The summed E-state index contributed by atoms with van der Waals surface area (Å²) >= 11 is 0. The van der Waals surface area contributed by atoms with Gasteiger partial charge in [-0.3, -0.25) is 0 Å². The summed E-state index contributed by atoms with van der Waals surface area (Å²) in [7, 11) is 0. The molecule has 4 nitrogen and oxygen atoms in total. The first-order valence-electron chi connectivity index (χ1n) is 7.47. The molecule has 2 N–H and O–H groups in total. The Kier molecular flexibility index (Phi) is 5.89. The van der Waals surface area contributed by atoms with E-state index in [9.17, 15) is 5.11 Å². The molecule has 0 amide bonds. The topological polar surface area (TPSA) is 44.7 Å². The van der Waals surface area contributed by atoms with Crippen LogP contribution in [0.1, 0.15) is 32.6 Å². The van der Waals surface area contributed by atoms with Gasteiger partial charge in [-0.15, -0.1) is 0 Å². The SMILES string of the molecule is CC(NCC(O)CN1CCCC1)C1CCOCC1. The van der Waals surface area contributed by atoms with Crippen molar-refractivity contribution >= 4 is 0 Å². The molecule has 106 valence electrons. The second-order valence-corrected chi connectivity index (χ2v) is 5.81. The highest BCUT2D eigenvalue weighted by molar-refractivity contribution is 4.77. The zero-order valence-corrected chi connectivity index (χ0v) is 11.6. The molecule has 2 atom stereocenters. The van der Waals surface area contributed by atoms with Crippen LogP contribution in [0.25, 0.3) is 0 Å². The Hall–Kier alpha value is -0.160. The summed E-state index contributed by atoms with van der Waals surface area (Å²) in [6.45, 7) is 7.89. The van der Waals surface area contributed by atoms with Crippen LogP contribution in [0.3, 0.4) is 0 Å². The Morgan fingerprint density at radius 3 is 2.61 bits per heavy atom. The van der Waals surface area contributed by atoms with Crippen molar-refractivity contribution in [2.24, 2.45) is 5.92 Å². The summed E-state index contributed by atoms with van der Waals surface area (Å²) in [6.07, 6.45) is 4.65. The molecular formula is C14H28N2O2. The molecule has 2 heterocycles. The first-order valence-corrected chi connectivity index (χ1v) is 7.47. The van der Waals surface area contributed by atoms with E-state index in [0.717, 1.165) is 52.2 Å². The predicted molar refractivity (Wildman–Crippen MR) is 72.7 cm³/mol. The molecule has 2 fully saturated rings. The Morgan fingerprint density at radius 2 is 1.94 bits per heavy atom. The van der Waals surface area contributed by atoms with Crippen LogP contribution in [-0.4, -0.2) is 61.5 Å². The highest BCUT2D eigenvalue weighted by Gasteiger charge is 2.21. The van der Waals surface area contributed by atoms with Gasteiger partial charge in [-0.2, -0.15) is 0 Å². The summed E-state index contributed by atoms with van der Waals surface area (Å²) in [6, 6.07) is 0.488. The average molecular weight is 256 g/mol. The van der Waals surface area contributed by atoms with Gasteiger partial charge in [-0.1, -0.05) is 0 Å². The lowest BCUT2D eigenvalue weighted by molar-refractivity contribution is 0.0524. The molecule has 0 aliphatic carbocycles. The Balaban J connectivity index is 1.60. The molecule has 0 aromatic rings. The molecule has 0 radical (unpaired) electrons. The van der Waals surface area contributed by atoms with E-state index in [1.807, 2.05) is 0 Å². The lowest BCUT2D eigenvalue weighted by atomic mass is 9.93. The van der Waals surface area contributed by atoms with E-state index in [1.165, 1.54) is 12.8 Å². The molecule has 2 rings (SSSR count). The number of hydrogen-bond acceptors (Lipinski definition) is 4. The first-order chi connectivity index (χ1) is 8.75. The Labute approximate surface area is 111 Å². The maximum absolute atomic E-state index is 10.0. The van der Waals surface area contributed by atoms with Gasteiger partial charge in [-0.05, 0) is 51.6 Å². The summed E-state index contributed by atoms with van der Waals surface area (Å²) in [5.41, 5.74) is 0. The molecule has 18 heavy (non-hydrogen) atoms. The second kappa shape index (κ2) is 7.43. The van der Waals surface area contributed by atoms with Gasteiger partial charge in [0.25, 0.3) is 0 Å². The predicted octanol–water partition coefficient (Wildman–Crippen LogP) is 0.848. The monoisotopic (exact) mass is 256 g/mol. The van der Waals surface area contributed by atoms with Crippen LogP contribution in [0, 0.1) is 5.92 Å². The van der Waals surface area contributed by atoms with Gasteiger partial charge in [0.1, 0.15) is 0 Å². The maximum Gasteiger partial charge on any atom is 0.0791 e. The van der Waals surface area contributed by atoms with Crippen molar-refractivity contribution in [1.29, 1.82) is 0 Å². The molecule has 2 aliphatic rings. The van der Waals surface area contributed by atoms with Crippen LogP contribution in [0.2, 0.25) is 0 Å². The number of rotatable bonds is 6. The number of hydrogen-bond donors (Lipinski definition) is 2. The van der Waals surface area contributed by atoms with E-state index in [0.29, 0.717) is 12.0 Å². The van der Waals surface area contributed by atoms with Crippen molar-refractivity contribution in [2.45, 2.75) is 44.8 Å². The molecule has 2 saturated heterocycles. The lowest BCUT2D eigenvalue weighted by Gasteiger charge is -2.29. The van der Waals surface area contributed by atoms with E-state index >= 15 is 0 Å². The molecular weight excluding hydrogens is 228 g/mol. The van der Waals surface area contributed by atoms with Gasteiger partial charge in [0.15, 0.2) is 0 Å². The van der Waals surface area contributed by atoms with Crippen molar-refractivity contribution < 1.29 is 9.84 Å². The summed E-state index contributed by atoms with van der Waals surface area (Å²) in [5, 5.41) is 13.5. The number of likely N-dealkylation sites (tertiary alicyclic amines) is 1. The van der Waals surface area contributed by atoms with Crippen molar-refractivity contribution in [3.05, 3.63) is 0 Å². The molecule has 4 heteroatoms. The average Bonchev–Trinajstić information content (AvgIpc) is 2.90. The molecule has 2 unspecified atom stereocenters. The Morgan fingerprint density at radius 1 is 1.28 bits per heavy atom. The zero-order chi connectivity index (χ0) is 12.8. The maximum atomic E-state index is 10.0. The second-order valence-electron chi connectivity index (χ2n) is 5.81. The summed E-state index contributed by atoms with van der Waals surface area (Å²) < 4.78 is 5.38. The molecule has 0 aromatic heterocycles. The van der Waals surface area contributed by atoms with E-state index in [2.05, 4.69) is 17.1 Å². The highest BCUT2D eigenvalue weighted by atomic mass is 16.5. The van der Waals surface area contributed by atoms with Crippen molar-refractivity contribution in [2.75, 3.05) is 39.4 Å². The van der Waals surface area contributed by atoms with Crippen LogP contribution in [0.15, 0.2) is 0 Å². The van der Waals surface area contributed by atoms with E-state index in [4.69, 9.17) is 4.74 Å². The third-order valence-electron chi connectivity index (χ3n) is 4.32. The van der Waals surface area contributed by atoms with E-state index in [-0.39, 0.29) is 6.10 Å². The lowest BCUT2D eigenvalue weighted by Crippen LogP contribution is -2.43. The molecule has 0 aromatic carbocycles. The van der Waals surface area contributed by atoms with Crippen LogP contribution < -0.4 is 5.32 Å². The van der Waals surface area contributed by atoms with Crippen molar-refractivity contribution in [3.8, 4) is 0 Å². The number of β-amino-alcohol motifs (C(OH)–C–C–N with tert-alkyl or cyclic N) is 1. The normalized spacial score (nSPS) is 26.3. The van der Waals surface area contributed by atoms with E-state index < -0.39 is 0 Å². The summed E-state index contributed by atoms with van der Waals surface area (Å²) in [4.78, 5) is 2.37. The minimum absolute atomic E-state index is 0.231. The smallest absolute Gasteiger partial charge is 0.0791 e. The van der Waals surface area contributed by atoms with Crippen molar-refractivity contribution in [3.63, 3.8) is 0 Å². The van der Waals surface area contributed by atoms with E-state index in [1.54, 1.807) is 0 Å². The van der Waals surface area contributed by atoms with Crippen LogP contribution >= 0.6 is 0 Å². The fourth-order valence-electron chi connectivity index (χ4n) is 3.03. The largest absolute Gasteiger partial charge is 0.390 e. The number of aliphatic hydroxyl groups excluding tert-OH is 1. The van der Waals surface area contributed by atoms with Gasteiger partial charge < -0.3 is 20.1 Å². The van der Waals surface area contributed by atoms with Gasteiger partial charge in [0, 0.05) is 32.3 Å². The van der Waals surface area contributed by atoms with Gasteiger partial charge in [0.2, 0.25) is 0 Å². The quantitative estimate of drug-likeness (QED) is 0.739. The highest BCUT2D eigenvalue weighted by Crippen LogP contribution is 2.18. The summed E-state index contributed by atoms with van der Waals surface area (Å²) in [5.74, 6) is 0.706. The minimum atomic E-state index is -0.231. The van der Waals surface area contributed by atoms with Gasteiger partial charge in [0.05, 0.1) is 6.10 Å². The fourth-order valence-corrected chi connectivity index (χ4v) is 3.03. The van der Waals surface area contributed by atoms with Crippen LogP contribution in [0.5, 0.6) is 0 Å². The molecule has 0 saturated carbocycles. The van der Waals surface area contributed by atoms with Gasteiger partial charge >= 0.3 is 0 Å². The molecule has 0 spiro atoms. The molecule has 2 aliphatic heterocycles. The van der Waals surface area contributed by atoms with Crippen LogP contribution in [0.4, 0.5) is 0 Å². The standard InChI is InChI=1S/C14H28N2O2/c1-12(13-4-8-18-9-5-13)15-10-14(17)11-16-6-2-3-7-16/h12-15,17H,2-11H2,1H3. The first kappa shape index (κ1) is 14.3. The number of nitrogens with one attached hydrogen (secondary N) is 1. The Bertz CT molecular complexity index is 226. The van der Waals surface area contributed by atoms with Crippen molar-refractivity contribution in [1.82, 2.24) is 10.2 Å². The van der Waals surface area contributed by atoms with Gasteiger partial charge in [-0.25, -0.2) is 0 Å². The zero-order valence-electron chi connectivity index (χ0n) is 11.6. The third kappa shape index (κ3) is 4.50. The number of nitrogens with zero attached hydrogens (tertiary/aromatic N) is 1. The number of aliphatic hydroxyl groups is 1. The number of ether oxygens (including phenoxy) is 1. The van der Waals surface area contributed by atoms with Crippen LogP contribution in [-0.2, 0) is 4.74 Å².